The molecule has 1 aliphatic carbocycles. The molecule has 0 aromatic heterocycles. The molecule has 2 unspecified atom stereocenters. The van der Waals surface area contributed by atoms with Gasteiger partial charge in [0, 0.05) is 31.2 Å². The van der Waals surface area contributed by atoms with E-state index in [0.29, 0.717) is 18.1 Å². The average Bonchev–Trinajstić information content (AvgIpc) is 2.49. The molecule has 0 aromatic carbocycles. The van der Waals surface area contributed by atoms with Crippen molar-refractivity contribution in [3.8, 4) is 0 Å². The second-order valence-corrected chi connectivity index (χ2v) is 6.19. The van der Waals surface area contributed by atoms with Crippen molar-refractivity contribution in [3.05, 3.63) is 0 Å². The molecule has 1 saturated carbocycles. The van der Waals surface area contributed by atoms with E-state index in [2.05, 4.69) is 37.9 Å². The van der Waals surface area contributed by atoms with Crippen LogP contribution in [0.1, 0.15) is 59.8 Å². The average molecular weight is 256 g/mol. The van der Waals surface area contributed by atoms with Gasteiger partial charge in [-0.1, -0.05) is 19.3 Å². The molecule has 2 atom stereocenters. The lowest BCUT2D eigenvalue weighted by Gasteiger charge is -2.31. The minimum Gasteiger partial charge on any atom is -0.392 e. The second-order valence-electron chi connectivity index (χ2n) is 6.19. The lowest BCUT2D eigenvalue weighted by molar-refractivity contribution is 0.113. The number of rotatable bonds is 6. The highest BCUT2D eigenvalue weighted by Gasteiger charge is 2.21. The Morgan fingerprint density at radius 2 is 1.67 bits per heavy atom. The summed E-state index contributed by atoms with van der Waals surface area (Å²) in [6.07, 6.45) is 5.68. The van der Waals surface area contributed by atoms with Crippen LogP contribution in [0, 0.1) is 0 Å². The van der Waals surface area contributed by atoms with Gasteiger partial charge in [-0.25, -0.2) is 0 Å². The van der Waals surface area contributed by atoms with Gasteiger partial charge in [-0.2, -0.15) is 0 Å². The molecule has 3 heteroatoms. The molecule has 0 amide bonds. The lowest BCUT2D eigenvalue weighted by Crippen LogP contribution is -2.46. The molecule has 18 heavy (non-hydrogen) atoms. The molecule has 1 fully saturated rings. The molecule has 0 saturated heterocycles. The summed E-state index contributed by atoms with van der Waals surface area (Å²) < 4.78 is 0. The molecule has 0 bridgehead atoms. The monoisotopic (exact) mass is 256 g/mol. The van der Waals surface area contributed by atoms with Crippen LogP contribution in [0.3, 0.4) is 0 Å². The standard InChI is InChI=1S/C15H32N2O/c1-12(2)17(13(3)4)11-10-16-14-8-6-5-7-9-15(14)18/h12-16,18H,5-11H2,1-4H3. The third-order valence-electron chi connectivity index (χ3n) is 4.08. The Bertz CT molecular complexity index is 211. The van der Waals surface area contributed by atoms with Crippen molar-refractivity contribution < 1.29 is 5.11 Å². The van der Waals surface area contributed by atoms with Crippen molar-refractivity contribution >= 4 is 0 Å². The van der Waals surface area contributed by atoms with Crippen molar-refractivity contribution in [2.24, 2.45) is 0 Å². The van der Waals surface area contributed by atoms with E-state index in [1.165, 1.54) is 19.3 Å². The van der Waals surface area contributed by atoms with E-state index in [9.17, 15) is 5.11 Å². The van der Waals surface area contributed by atoms with Crippen LogP contribution in [0.5, 0.6) is 0 Å². The minimum absolute atomic E-state index is 0.140. The zero-order valence-corrected chi connectivity index (χ0v) is 12.7. The SMILES string of the molecule is CC(C)N(CCNC1CCCCCC1O)C(C)C. The van der Waals surface area contributed by atoms with Crippen molar-refractivity contribution in [2.45, 2.75) is 84.0 Å². The Labute approximate surface area is 113 Å². The number of hydrogen-bond donors (Lipinski definition) is 2. The molecule has 3 nitrogen and oxygen atoms in total. The fraction of sp³-hybridized carbons (Fsp3) is 1.00. The molecule has 0 heterocycles. The van der Waals surface area contributed by atoms with Gasteiger partial charge < -0.3 is 10.4 Å². The van der Waals surface area contributed by atoms with Crippen LogP contribution in [-0.2, 0) is 0 Å². The number of aliphatic hydroxyl groups excluding tert-OH is 1. The first kappa shape index (κ1) is 15.9. The van der Waals surface area contributed by atoms with Gasteiger partial charge in [0.2, 0.25) is 0 Å². The van der Waals surface area contributed by atoms with Crippen LogP contribution < -0.4 is 5.32 Å². The minimum atomic E-state index is -0.140. The van der Waals surface area contributed by atoms with E-state index in [1.54, 1.807) is 0 Å². The molecule has 1 aliphatic rings. The summed E-state index contributed by atoms with van der Waals surface area (Å²) >= 11 is 0. The Morgan fingerprint density at radius 1 is 1.06 bits per heavy atom. The first-order valence-corrected chi connectivity index (χ1v) is 7.69. The number of aliphatic hydroxyl groups is 1. The van der Waals surface area contributed by atoms with Crippen molar-refractivity contribution in [3.63, 3.8) is 0 Å². The van der Waals surface area contributed by atoms with Crippen LogP contribution in [0.15, 0.2) is 0 Å². The van der Waals surface area contributed by atoms with Crippen molar-refractivity contribution in [2.75, 3.05) is 13.1 Å². The highest BCUT2D eigenvalue weighted by Crippen LogP contribution is 2.17. The van der Waals surface area contributed by atoms with Gasteiger partial charge in [0.05, 0.1) is 6.10 Å². The second kappa shape index (κ2) is 8.13. The summed E-state index contributed by atoms with van der Waals surface area (Å²) in [5.74, 6) is 0. The molecule has 0 radical (unpaired) electrons. The van der Waals surface area contributed by atoms with Gasteiger partial charge in [-0.05, 0) is 40.5 Å². The van der Waals surface area contributed by atoms with Crippen molar-refractivity contribution in [1.82, 2.24) is 10.2 Å². The largest absolute Gasteiger partial charge is 0.392 e. The van der Waals surface area contributed by atoms with Crippen LogP contribution in [-0.4, -0.2) is 47.3 Å². The molecule has 0 spiro atoms. The zero-order valence-electron chi connectivity index (χ0n) is 12.7. The fourth-order valence-electron chi connectivity index (χ4n) is 3.02. The molecular weight excluding hydrogens is 224 g/mol. The smallest absolute Gasteiger partial charge is 0.0693 e. The Kier molecular flexibility index (Phi) is 7.20. The zero-order chi connectivity index (χ0) is 13.5. The normalized spacial score (nSPS) is 26.0. The molecule has 2 N–H and O–H groups in total. The maximum atomic E-state index is 10.1. The topological polar surface area (TPSA) is 35.5 Å². The van der Waals surface area contributed by atoms with Gasteiger partial charge >= 0.3 is 0 Å². The molecule has 0 aromatic rings. The fourth-order valence-corrected chi connectivity index (χ4v) is 3.02. The summed E-state index contributed by atoms with van der Waals surface area (Å²) in [7, 11) is 0. The van der Waals surface area contributed by atoms with E-state index in [0.717, 1.165) is 25.9 Å². The van der Waals surface area contributed by atoms with Crippen LogP contribution in [0.25, 0.3) is 0 Å². The van der Waals surface area contributed by atoms with Gasteiger partial charge in [0.1, 0.15) is 0 Å². The van der Waals surface area contributed by atoms with Crippen LogP contribution >= 0.6 is 0 Å². The predicted octanol–water partition coefficient (Wildman–Crippen LogP) is 2.39. The summed E-state index contributed by atoms with van der Waals surface area (Å²) in [5.41, 5.74) is 0. The molecule has 108 valence electrons. The van der Waals surface area contributed by atoms with E-state index in [4.69, 9.17) is 0 Å². The number of hydrogen-bond acceptors (Lipinski definition) is 3. The Balaban J connectivity index is 2.30. The summed E-state index contributed by atoms with van der Waals surface area (Å²) in [6, 6.07) is 1.49. The van der Waals surface area contributed by atoms with Crippen molar-refractivity contribution in [1.29, 1.82) is 0 Å². The molecule has 1 rings (SSSR count). The van der Waals surface area contributed by atoms with Crippen LogP contribution in [0.4, 0.5) is 0 Å². The van der Waals surface area contributed by atoms with Gasteiger partial charge in [0.25, 0.3) is 0 Å². The van der Waals surface area contributed by atoms with Crippen LogP contribution in [0.2, 0.25) is 0 Å². The van der Waals surface area contributed by atoms with Gasteiger partial charge in [0.15, 0.2) is 0 Å². The maximum absolute atomic E-state index is 10.1. The van der Waals surface area contributed by atoms with E-state index in [-0.39, 0.29) is 6.10 Å². The van der Waals surface area contributed by atoms with E-state index < -0.39 is 0 Å². The van der Waals surface area contributed by atoms with E-state index >= 15 is 0 Å². The Hall–Kier alpha value is -0.120. The molecule has 0 aliphatic heterocycles. The third kappa shape index (κ3) is 5.25. The summed E-state index contributed by atoms with van der Waals surface area (Å²) in [4.78, 5) is 2.50. The highest BCUT2D eigenvalue weighted by molar-refractivity contribution is 4.79. The summed E-state index contributed by atoms with van der Waals surface area (Å²) in [5, 5.41) is 13.6. The first-order valence-electron chi connectivity index (χ1n) is 7.69. The van der Waals surface area contributed by atoms with Gasteiger partial charge in [-0.15, -0.1) is 0 Å². The maximum Gasteiger partial charge on any atom is 0.0693 e. The Morgan fingerprint density at radius 3 is 2.28 bits per heavy atom. The highest BCUT2D eigenvalue weighted by atomic mass is 16.3. The quantitative estimate of drug-likeness (QED) is 0.716. The summed E-state index contributed by atoms with van der Waals surface area (Å²) in [6.45, 7) is 11.1. The predicted molar refractivity (Wildman–Crippen MR) is 77.9 cm³/mol. The third-order valence-corrected chi connectivity index (χ3v) is 4.08. The molecular formula is C15H32N2O. The lowest BCUT2D eigenvalue weighted by atomic mass is 10.1. The van der Waals surface area contributed by atoms with Gasteiger partial charge in [-0.3, -0.25) is 4.90 Å². The first-order chi connectivity index (χ1) is 8.52. The number of nitrogens with zero attached hydrogens (tertiary/aromatic N) is 1. The number of nitrogens with one attached hydrogen (secondary N) is 1. The van der Waals surface area contributed by atoms with E-state index in [1.807, 2.05) is 0 Å².